The first-order valence-corrected chi connectivity index (χ1v) is 7.22. The van der Waals surface area contributed by atoms with Gasteiger partial charge < -0.3 is 5.32 Å². The first kappa shape index (κ1) is 14.3. The average molecular weight is 285 g/mol. The van der Waals surface area contributed by atoms with E-state index in [1.165, 1.54) is 18.7 Å². The monoisotopic (exact) mass is 285 g/mol. The van der Waals surface area contributed by atoms with Gasteiger partial charge in [-0.1, -0.05) is 30.3 Å². The SMILES string of the molecule is CC(=O)c1cccc(SCC(=O)Nc2ccccc2)c1. The molecule has 0 aliphatic rings. The Morgan fingerprint density at radius 3 is 2.50 bits per heavy atom. The van der Waals surface area contributed by atoms with Gasteiger partial charge in [-0.2, -0.15) is 0 Å². The van der Waals surface area contributed by atoms with Crippen LogP contribution in [0.2, 0.25) is 0 Å². The van der Waals surface area contributed by atoms with Crippen LogP contribution in [0.5, 0.6) is 0 Å². The summed E-state index contributed by atoms with van der Waals surface area (Å²) >= 11 is 1.42. The number of rotatable bonds is 5. The fourth-order valence-electron chi connectivity index (χ4n) is 1.67. The third-order valence-electron chi connectivity index (χ3n) is 2.67. The number of nitrogens with one attached hydrogen (secondary N) is 1. The third-order valence-corrected chi connectivity index (χ3v) is 3.66. The van der Waals surface area contributed by atoms with Gasteiger partial charge in [0, 0.05) is 16.1 Å². The van der Waals surface area contributed by atoms with Gasteiger partial charge in [-0.25, -0.2) is 0 Å². The molecule has 2 aromatic rings. The minimum atomic E-state index is -0.0607. The maximum Gasteiger partial charge on any atom is 0.234 e. The van der Waals surface area contributed by atoms with Gasteiger partial charge in [-0.05, 0) is 31.2 Å². The molecular formula is C16H15NO2S. The van der Waals surface area contributed by atoms with Crippen LogP contribution in [0.4, 0.5) is 5.69 Å². The molecule has 2 aromatic carbocycles. The first-order valence-electron chi connectivity index (χ1n) is 6.24. The zero-order chi connectivity index (χ0) is 14.4. The lowest BCUT2D eigenvalue weighted by Crippen LogP contribution is -2.13. The maximum atomic E-state index is 11.8. The topological polar surface area (TPSA) is 46.2 Å². The minimum Gasteiger partial charge on any atom is -0.325 e. The average Bonchev–Trinajstić information content (AvgIpc) is 2.46. The number of hydrogen-bond acceptors (Lipinski definition) is 3. The van der Waals surface area contributed by atoms with Crippen molar-refractivity contribution >= 4 is 29.1 Å². The Morgan fingerprint density at radius 1 is 1.05 bits per heavy atom. The fourth-order valence-corrected chi connectivity index (χ4v) is 2.43. The largest absolute Gasteiger partial charge is 0.325 e. The summed E-state index contributed by atoms with van der Waals surface area (Å²) in [4.78, 5) is 24.0. The van der Waals surface area contributed by atoms with E-state index in [9.17, 15) is 9.59 Å². The van der Waals surface area contributed by atoms with Crippen molar-refractivity contribution < 1.29 is 9.59 Å². The number of benzene rings is 2. The van der Waals surface area contributed by atoms with Gasteiger partial charge in [0.15, 0.2) is 5.78 Å². The molecule has 0 saturated heterocycles. The fraction of sp³-hybridized carbons (Fsp3) is 0.125. The molecule has 0 heterocycles. The van der Waals surface area contributed by atoms with Gasteiger partial charge in [-0.15, -0.1) is 11.8 Å². The van der Waals surface area contributed by atoms with Gasteiger partial charge in [-0.3, -0.25) is 9.59 Å². The number of amides is 1. The number of anilines is 1. The maximum absolute atomic E-state index is 11.8. The number of ketones is 1. The van der Waals surface area contributed by atoms with Crippen molar-refractivity contribution in [3.05, 3.63) is 60.2 Å². The molecule has 20 heavy (non-hydrogen) atoms. The standard InChI is InChI=1S/C16H15NO2S/c1-12(18)13-6-5-9-15(10-13)20-11-16(19)17-14-7-3-2-4-8-14/h2-10H,11H2,1H3,(H,17,19). The molecule has 0 spiro atoms. The number of Topliss-reactive ketones (excluding diaryl/α,β-unsaturated/α-hetero) is 1. The lowest BCUT2D eigenvalue weighted by Gasteiger charge is -2.05. The molecule has 3 nitrogen and oxygen atoms in total. The highest BCUT2D eigenvalue weighted by molar-refractivity contribution is 8.00. The van der Waals surface area contributed by atoms with E-state index < -0.39 is 0 Å². The van der Waals surface area contributed by atoms with Crippen molar-refractivity contribution in [3.8, 4) is 0 Å². The number of carbonyl (C=O) groups is 2. The van der Waals surface area contributed by atoms with E-state index in [1.54, 1.807) is 6.07 Å². The lowest BCUT2D eigenvalue weighted by molar-refractivity contribution is -0.113. The molecule has 0 aromatic heterocycles. The molecular weight excluding hydrogens is 270 g/mol. The molecule has 1 N–H and O–H groups in total. The Balaban J connectivity index is 1.90. The second-order valence-corrected chi connectivity index (χ2v) is 5.34. The molecule has 0 atom stereocenters. The quantitative estimate of drug-likeness (QED) is 0.674. The smallest absolute Gasteiger partial charge is 0.234 e. The van der Waals surface area contributed by atoms with Crippen LogP contribution in [-0.4, -0.2) is 17.4 Å². The summed E-state index contributed by atoms with van der Waals surface area (Å²) in [7, 11) is 0. The first-order chi connectivity index (χ1) is 9.65. The Labute approximate surface area is 122 Å². The van der Waals surface area contributed by atoms with E-state index in [-0.39, 0.29) is 11.7 Å². The number of para-hydroxylation sites is 1. The Bertz CT molecular complexity index is 611. The van der Waals surface area contributed by atoms with Crippen LogP contribution < -0.4 is 5.32 Å². The van der Waals surface area contributed by atoms with Crippen molar-refractivity contribution in [3.63, 3.8) is 0 Å². The summed E-state index contributed by atoms with van der Waals surface area (Å²) < 4.78 is 0. The molecule has 1 amide bonds. The summed E-state index contributed by atoms with van der Waals surface area (Å²) in [5, 5.41) is 2.82. The summed E-state index contributed by atoms with van der Waals surface area (Å²) in [6, 6.07) is 16.6. The van der Waals surface area contributed by atoms with Crippen LogP contribution in [0.25, 0.3) is 0 Å². The number of thioether (sulfide) groups is 1. The highest BCUT2D eigenvalue weighted by Gasteiger charge is 2.05. The minimum absolute atomic E-state index is 0.0289. The van der Waals surface area contributed by atoms with Crippen LogP contribution in [0.15, 0.2) is 59.5 Å². The van der Waals surface area contributed by atoms with Crippen LogP contribution in [-0.2, 0) is 4.79 Å². The Hall–Kier alpha value is -2.07. The van der Waals surface area contributed by atoms with E-state index in [0.29, 0.717) is 11.3 Å². The molecule has 0 fully saturated rings. The predicted octanol–water partition coefficient (Wildman–Crippen LogP) is 3.62. The zero-order valence-corrected chi connectivity index (χ0v) is 11.9. The number of carbonyl (C=O) groups excluding carboxylic acids is 2. The van der Waals surface area contributed by atoms with Gasteiger partial charge in [0.25, 0.3) is 0 Å². The molecule has 0 unspecified atom stereocenters. The van der Waals surface area contributed by atoms with Crippen molar-refractivity contribution in [1.82, 2.24) is 0 Å². The summed E-state index contributed by atoms with van der Waals surface area (Å²) in [6.45, 7) is 1.53. The van der Waals surface area contributed by atoms with E-state index in [2.05, 4.69) is 5.32 Å². The highest BCUT2D eigenvalue weighted by Crippen LogP contribution is 2.19. The van der Waals surface area contributed by atoms with Crippen molar-refractivity contribution in [1.29, 1.82) is 0 Å². The van der Waals surface area contributed by atoms with Gasteiger partial charge in [0.05, 0.1) is 5.75 Å². The number of hydrogen-bond donors (Lipinski definition) is 1. The second-order valence-electron chi connectivity index (χ2n) is 4.29. The van der Waals surface area contributed by atoms with Crippen molar-refractivity contribution in [2.75, 3.05) is 11.1 Å². The summed E-state index contributed by atoms with van der Waals surface area (Å²) in [5.74, 6) is 0.284. The summed E-state index contributed by atoms with van der Waals surface area (Å²) in [6.07, 6.45) is 0. The van der Waals surface area contributed by atoms with Gasteiger partial charge >= 0.3 is 0 Å². The molecule has 0 aliphatic carbocycles. The van der Waals surface area contributed by atoms with Crippen LogP contribution in [0.3, 0.4) is 0 Å². The Kier molecular flexibility index (Phi) is 4.96. The second kappa shape index (κ2) is 6.91. The highest BCUT2D eigenvalue weighted by atomic mass is 32.2. The normalized spacial score (nSPS) is 10.1. The molecule has 0 bridgehead atoms. The predicted molar refractivity (Wildman–Crippen MR) is 82.2 cm³/mol. The molecule has 0 saturated carbocycles. The van der Waals surface area contributed by atoms with Gasteiger partial charge in [0.1, 0.15) is 0 Å². The van der Waals surface area contributed by atoms with Crippen LogP contribution in [0, 0.1) is 0 Å². The van der Waals surface area contributed by atoms with E-state index in [4.69, 9.17) is 0 Å². The molecule has 4 heteroatoms. The third kappa shape index (κ3) is 4.24. The van der Waals surface area contributed by atoms with E-state index in [0.717, 1.165) is 10.6 Å². The van der Waals surface area contributed by atoms with E-state index >= 15 is 0 Å². The molecule has 0 radical (unpaired) electrons. The Morgan fingerprint density at radius 2 is 1.80 bits per heavy atom. The lowest BCUT2D eigenvalue weighted by atomic mass is 10.2. The summed E-state index contributed by atoms with van der Waals surface area (Å²) in [5.41, 5.74) is 1.45. The van der Waals surface area contributed by atoms with E-state index in [1.807, 2.05) is 48.5 Å². The molecule has 0 aliphatic heterocycles. The van der Waals surface area contributed by atoms with Crippen molar-refractivity contribution in [2.24, 2.45) is 0 Å². The van der Waals surface area contributed by atoms with Crippen LogP contribution in [0.1, 0.15) is 17.3 Å². The van der Waals surface area contributed by atoms with Crippen molar-refractivity contribution in [2.45, 2.75) is 11.8 Å². The van der Waals surface area contributed by atoms with Crippen LogP contribution >= 0.6 is 11.8 Å². The zero-order valence-electron chi connectivity index (χ0n) is 11.1. The molecule has 2 rings (SSSR count). The molecule has 102 valence electrons. The van der Waals surface area contributed by atoms with Gasteiger partial charge in [0.2, 0.25) is 5.91 Å².